The fourth-order valence-corrected chi connectivity index (χ4v) is 0.790. The molecule has 1 aliphatic rings. The molecule has 1 rings (SSSR count). The molecule has 0 saturated heterocycles. The van der Waals surface area contributed by atoms with E-state index in [0.717, 1.165) is 0 Å². The summed E-state index contributed by atoms with van der Waals surface area (Å²) in [6.45, 7) is 0. The molecule has 12 heavy (non-hydrogen) atoms. The van der Waals surface area contributed by atoms with Crippen LogP contribution >= 0.6 is 11.6 Å². The van der Waals surface area contributed by atoms with Crippen molar-refractivity contribution in [2.45, 2.75) is 6.17 Å². The van der Waals surface area contributed by atoms with Gasteiger partial charge in [-0.05, 0) is 0 Å². The molecule has 1 unspecified atom stereocenters. The third-order valence-electron chi connectivity index (χ3n) is 1.17. The van der Waals surface area contributed by atoms with Crippen molar-refractivity contribution in [3.05, 3.63) is 10.9 Å². The molecular formula is C5H3ClF3N3. The summed E-state index contributed by atoms with van der Waals surface area (Å²) < 4.78 is 37.6. The van der Waals surface area contributed by atoms with Crippen molar-refractivity contribution in [2.24, 2.45) is 15.9 Å². The minimum atomic E-state index is -2.35. The highest BCUT2D eigenvalue weighted by atomic mass is 35.5. The van der Waals surface area contributed by atoms with Crippen LogP contribution in [0.1, 0.15) is 0 Å². The molecule has 0 radical (unpaired) electrons. The predicted octanol–water partition coefficient (Wildman–Crippen LogP) is 1.40. The molecule has 2 N–H and O–H groups in total. The average molecular weight is 198 g/mol. The number of halogens is 4. The maximum absolute atomic E-state index is 12.7. The van der Waals surface area contributed by atoms with Crippen molar-refractivity contribution >= 4 is 23.4 Å². The third-order valence-corrected chi connectivity index (χ3v) is 1.53. The average Bonchev–Trinajstić information content (AvgIpc) is 2.08. The number of nitrogens with two attached hydrogens (primary N) is 1. The van der Waals surface area contributed by atoms with E-state index in [1.165, 1.54) is 0 Å². The minimum Gasteiger partial charge on any atom is -0.321 e. The van der Waals surface area contributed by atoms with Gasteiger partial charge >= 0.3 is 0 Å². The van der Waals surface area contributed by atoms with Gasteiger partial charge < -0.3 is 5.84 Å². The summed E-state index contributed by atoms with van der Waals surface area (Å²) in [5, 5.41) is 1.84. The van der Waals surface area contributed by atoms with Crippen LogP contribution in [0.2, 0.25) is 0 Å². The van der Waals surface area contributed by atoms with E-state index in [0.29, 0.717) is 0 Å². The van der Waals surface area contributed by atoms with E-state index in [-0.39, 0.29) is 0 Å². The molecule has 7 heteroatoms. The maximum atomic E-state index is 12.7. The van der Waals surface area contributed by atoms with E-state index in [2.05, 4.69) is 15.9 Å². The van der Waals surface area contributed by atoms with Crippen molar-refractivity contribution < 1.29 is 13.2 Å². The van der Waals surface area contributed by atoms with Gasteiger partial charge in [-0.15, -0.1) is 0 Å². The Morgan fingerprint density at radius 2 is 2.08 bits per heavy atom. The number of amidine groups is 1. The highest BCUT2D eigenvalue weighted by Crippen LogP contribution is 2.25. The number of aliphatic imine (C=N–C) groups is 1. The molecule has 0 aromatic carbocycles. The molecule has 1 aliphatic heterocycles. The number of nitrogens with zero attached hydrogens (tertiary/aromatic N) is 2. The van der Waals surface area contributed by atoms with E-state index in [4.69, 9.17) is 11.6 Å². The first-order chi connectivity index (χ1) is 5.57. The summed E-state index contributed by atoms with van der Waals surface area (Å²) in [6, 6.07) is 0. The first kappa shape index (κ1) is 9.05. The van der Waals surface area contributed by atoms with Crippen LogP contribution in [0.25, 0.3) is 0 Å². The molecule has 1 heterocycles. The normalized spacial score (nSPS) is 27.8. The molecule has 0 fully saturated rings. The zero-order valence-electron chi connectivity index (χ0n) is 5.56. The van der Waals surface area contributed by atoms with E-state index in [9.17, 15) is 13.2 Å². The van der Waals surface area contributed by atoms with Gasteiger partial charge in [-0.3, -0.25) is 0 Å². The van der Waals surface area contributed by atoms with Crippen molar-refractivity contribution in [1.29, 1.82) is 0 Å². The standard InChI is InChI=1S/C5H3ClF3N3/c6-1-2(7)4(9)11-5(12-10)3(1)8/h2H,10H2/b12-5-. The molecule has 0 aliphatic carbocycles. The second-order valence-corrected chi connectivity index (χ2v) is 2.32. The number of hydrazone groups is 1. The van der Waals surface area contributed by atoms with Crippen LogP contribution in [0.15, 0.2) is 21.0 Å². The van der Waals surface area contributed by atoms with Gasteiger partial charge in [0.15, 0.2) is 5.83 Å². The Balaban J connectivity index is 3.14. The molecule has 0 aromatic heterocycles. The third kappa shape index (κ3) is 1.29. The maximum Gasteiger partial charge on any atom is 0.231 e. The molecule has 0 spiro atoms. The first-order valence-electron chi connectivity index (χ1n) is 2.79. The number of hydrogen-bond acceptors (Lipinski definition) is 2. The van der Waals surface area contributed by atoms with Crippen molar-refractivity contribution in [2.75, 3.05) is 0 Å². The lowest BCUT2D eigenvalue weighted by Crippen LogP contribution is -2.21. The van der Waals surface area contributed by atoms with Gasteiger partial charge in [0.2, 0.25) is 18.0 Å². The van der Waals surface area contributed by atoms with Crippen LogP contribution in [-0.2, 0) is 0 Å². The van der Waals surface area contributed by atoms with E-state index in [1.807, 2.05) is 0 Å². The Morgan fingerprint density at radius 1 is 1.50 bits per heavy atom. The second-order valence-electron chi connectivity index (χ2n) is 1.91. The van der Waals surface area contributed by atoms with Gasteiger partial charge in [-0.25, -0.2) is 8.78 Å². The molecular weight excluding hydrogens is 195 g/mol. The Kier molecular flexibility index (Phi) is 2.37. The summed E-state index contributed by atoms with van der Waals surface area (Å²) in [7, 11) is 0. The predicted molar refractivity (Wildman–Crippen MR) is 39.0 cm³/mol. The number of allylic oxidation sites excluding steroid dienone is 1. The number of dihydropyridines is 1. The highest BCUT2D eigenvalue weighted by Gasteiger charge is 2.30. The zero-order valence-corrected chi connectivity index (χ0v) is 6.32. The molecule has 0 bridgehead atoms. The van der Waals surface area contributed by atoms with Crippen LogP contribution in [0.5, 0.6) is 0 Å². The lowest BCUT2D eigenvalue weighted by molar-refractivity contribution is 0.445. The second kappa shape index (κ2) is 3.14. The van der Waals surface area contributed by atoms with Crippen LogP contribution in [0.4, 0.5) is 13.2 Å². The highest BCUT2D eigenvalue weighted by molar-refractivity contribution is 6.35. The van der Waals surface area contributed by atoms with Crippen molar-refractivity contribution in [3.8, 4) is 0 Å². The van der Waals surface area contributed by atoms with Crippen LogP contribution in [0, 0.1) is 0 Å². The van der Waals surface area contributed by atoms with Crippen molar-refractivity contribution in [1.82, 2.24) is 0 Å². The largest absolute Gasteiger partial charge is 0.321 e. The lowest BCUT2D eigenvalue weighted by Gasteiger charge is -2.10. The van der Waals surface area contributed by atoms with Gasteiger partial charge in [-0.1, -0.05) is 11.6 Å². The van der Waals surface area contributed by atoms with Crippen LogP contribution in [-0.4, -0.2) is 18.0 Å². The van der Waals surface area contributed by atoms with E-state index >= 15 is 0 Å². The smallest absolute Gasteiger partial charge is 0.231 e. The Labute approximate surface area is 70.4 Å². The molecule has 0 saturated carbocycles. The van der Waals surface area contributed by atoms with Gasteiger partial charge in [0.05, 0.1) is 0 Å². The van der Waals surface area contributed by atoms with Gasteiger partial charge in [0.25, 0.3) is 0 Å². The topological polar surface area (TPSA) is 50.7 Å². The van der Waals surface area contributed by atoms with Gasteiger partial charge in [-0.2, -0.15) is 14.5 Å². The van der Waals surface area contributed by atoms with Crippen LogP contribution in [0.3, 0.4) is 0 Å². The number of hydrogen-bond donors (Lipinski definition) is 1. The number of rotatable bonds is 0. The quantitative estimate of drug-likeness (QED) is 0.463. The summed E-state index contributed by atoms with van der Waals surface area (Å²) in [5.74, 6) is 1.18. The number of alkyl halides is 1. The first-order valence-corrected chi connectivity index (χ1v) is 3.17. The summed E-state index contributed by atoms with van der Waals surface area (Å²) >= 11 is 5.06. The summed E-state index contributed by atoms with van der Waals surface area (Å²) in [6.07, 6.45) is -2.35. The monoisotopic (exact) mass is 197 g/mol. The SMILES string of the molecule is N/N=C1\N=C(F)C(F)C(Cl)=C1F. The molecule has 0 aromatic rings. The summed E-state index contributed by atoms with van der Waals surface area (Å²) in [4.78, 5) is 2.80. The summed E-state index contributed by atoms with van der Waals surface area (Å²) in [5.41, 5.74) is 0. The Hall–Kier alpha value is -1.04. The zero-order chi connectivity index (χ0) is 9.30. The molecule has 0 amide bonds. The van der Waals surface area contributed by atoms with E-state index in [1.54, 1.807) is 0 Å². The molecule has 1 atom stereocenters. The Bertz CT molecular complexity index is 296. The van der Waals surface area contributed by atoms with E-state index < -0.39 is 28.8 Å². The fraction of sp³-hybridized carbons (Fsp3) is 0.200. The van der Waals surface area contributed by atoms with Gasteiger partial charge in [0, 0.05) is 0 Å². The van der Waals surface area contributed by atoms with Gasteiger partial charge in [0.1, 0.15) is 5.03 Å². The Morgan fingerprint density at radius 3 is 2.58 bits per heavy atom. The fourth-order valence-electron chi connectivity index (χ4n) is 0.615. The van der Waals surface area contributed by atoms with Crippen molar-refractivity contribution in [3.63, 3.8) is 0 Å². The van der Waals surface area contributed by atoms with Crippen LogP contribution < -0.4 is 5.84 Å². The molecule has 3 nitrogen and oxygen atoms in total. The minimum absolute atomic E-state index is 0.744. The molecule has 66 valence electrons. The lowest BCUT2D eigenvalue weighted by atomic mass is 10.2.